The van der Waals surface area contributed by atoms with Crippen molar-refractivity contribution >= 4 is 0 Å². The number of nitriles is 1. The Kier molecular flexibility index (Phi) is 5.98. The summed E-state index contributed by atoms with van der Waals surface area (Å²) >= 11 is 0. The average Bonchev–Trinajstić information content (AvgIpc) is 2.48. The smallest absolute Gasteiger partial charge is 0.163 e. The number of benzene rings is 2. The standard InChI is InChI=1S/C8H9FO2.C7H4FN/c1-10-7-4-3-6(9)5-8(7)11-2;8-7-4-2-1-3-6(7)5-9/h3-5H,1-2H3;1-4H. The number of methoxy groups -OCH3 is 2. The predicted molar refractivity (Wildman–Crippen MR) is 70.6 cm³/mol. The quantitative estimate of drug-likeness (QED) is 0.843. The maximum Gasteiger partial charge on any atom is 0.163 e. The maximum absolute atomic E-state index is 12.5. The molecule has 0 aromatic heterocycles. The van der Waals surface area contributed by atoms with Gasteiger partial charge in [0.15, 0.2) is 11.5 Å². The summed E-state index contributed by atoms with van der Waals surface area (Å²) in [6.07, 6.45) is 0. The zero-order chi connectivity index (χ0) is 15.0. The van der Waals surface area contributed by atoms with E-state index in [2.05, 4.69) is 0 Å². The van der Waals surface area contributed by atoms with Crippen LogP contribution in [0.15, 0.2) is 42.5 Å². The van der Waals surface area contributed by atoms with Crippen LogP contribution in [-0.2, 0) is 0 Å². The van der Waals surface area contributed by atoms with Gasteiger partial charge in [0.25, 0.3) is 0 Å². The van der Waals surface area contributed by atoms with E-state index in [9.17, 15) is 8.78 Å². The molecule has 5 heteroatoms. The van der Waals surface area contributed by atoms with Gasteiger partial charge in [-0.05, 0) is 24.3 Å². The van der Waals surface area contributed by atoms with Gasteiger partial charge in [-0.1, -0.05) is 12.1 Å². The highest BCUT2D eigenvalue weighted by atomic mass is 19.1. The first-order valence-electron chi connectivity index (χ1n) is 5.64. The van der Waals surface area contributed by atoms with E-state index < -0.39 is 5.82 Å². The monoisotopic (exact) mass is 277 g/mol. The van der Waals surface area contributed by atoms with Gasteiger partial charge in [0.2, 0.25) is 0 Å². The van der Waals surface area contributed by atoms with Crippen LogP contribution in [0.4, 0.5) is 8.78 Å². The van der Waals surface area contributed by atoms with E-state index in [-0.39, 0.29) is 11.4 Å². The Hall–Kier alpha value is -2.61. The molecule has 0 aliphatic heterocycles. The molecule has 0 amide bonds. The number of rotatable bonds is 2. The third-order valence-corrected chi connectivity index (χ3v) is 2.34. The van der Waals surface area contributed by atoms with Crippen LogP contribution in [0.2, 0.25) is 0 Å². The molecule has 0 radical (unpaired) electrons. The van der Waals surface area contributed by atoms with Gasteiger partial charge in [-0.25, -0.2) is 8.78 Å². The molecule has 104 valence electrons. The van der Waals surface area contributed by atoms with Crippen molar-refractivity contribution in [1.29, 1.82) is 5.26 Å². The van der Waals surface area contributed by atoms with Gasteiger partial charge in [-0.15, -0.1) is 0 Å². The van der Waals surface area contributed by atoms with Crippen molar-refractivity contribution in [3.63, 3.8) is 0 Å². The lowest BCUT2D eigenvalue weighted by atomic mass is 10.2. The van der Waals surface area contributed by atoms with Crippen molar-refractivity contribution < 1.29 is 18.3 Å². The number of hydrogen-bond donors (Lipinski definition) is 0. The molecule has 0 aliphatic rings. The molecule has 2 rings (SSSR count). The Morgan fingerprint density at radius 2 is 1.60 bits per heavy atom. The van der Waals surface area contributed by atoms with Crippen LogP contribution < -0.4 is 9.47 Å². The molecule has 0 saturated carbocycles. The molecule has 3 nitrogen and oxygen atoms in total. The first kappa shape index (κ1) is 15.4. The van der Waals surface area contributed by atoms with Crippen LogP contribution >= 0.6 is 0 Å². The second kappa shape index (κ2) is 7.74. The van der Waals surface area contributed by atoms with Crippen LogP contribution in [-0.4, -0.2) is 14.2 Å². The highest BCUT2D eigenvalue weighted by Crippen LogP contribution is 2.26. The highest BCUT2D eigenvalue weighted by Gasteiger charge is 2.02. The van der Waals surface area contributed by atoms with Crippen molar-refractivity contribution in [2.75, 3.05) is 14.2 Å². The van der Waals surface area contributed by atoms with Gasteiger partial charge >= 0.3 is 0 Å². The van der Waals surface area contributed by atoms with Gasteiger partial charge in [0.05, 0.1) is 19.8 Å². The van der Waals surface area contributed by atoms with E-state index in [1.807, 2.05) is 0 Å². The van der Waals surface area contributed by atoms with Crippen LogP contribution in [0.1, 0.15) is 5.56 Å². The van der Waals surface area contributed by atoms with Crippen LogP contribution in [0.25, 0.3) is 0 Å². The summed E-state index contributed by atoms with van der Waals surface area (Å²) in [6, 6.07) is 11.7. The zero-order valence-electron chi connectivity index (χ0n) is 11.1. The summed E-state index contributed by atoms with van der Waals surface area (Å²) < 4.78 is 34.7. The summed E-state index contributed by atoms with van der Waals surface area (Å²) in [7, 11) is 2.98. The van der Waals surface area contributed by atoms with Gasteiger partial charge in [0, 0.05) is 6.07 Å². The summed E-state index contributed by atoms with van der Waals surface area (Å²) in [4.78, 5) is 0. The molecule has 0 spiro atoms. The van der Waals surface area contributed by atoms with Crippen molar-refractivity contribution in [3.8, 4) is 17.6 Å². The molecule has 0 aliphatic carbocycles. The van der Waals surface area contributed by atoms with Crippen LogP contribution in [0.3, 0.4) is 0 Å². The van der Waals surface area contributed by atoms with Crippen molar-refractivity contribution in [2.24, 2.45) is 0 Å². The average molecular weight is 277 g/mol. The van der Waals surface area contributed by atoms with Gasteiger partial charge in [0.1, 0.15) is 17.7 Å². The second-order valence-corrected chi connectivity index (χ2v) is 3.59. The zero-order valence-corrected chi connectivity index (χ0v) is 11.1. The molecule has 2 aromatic rings. The Bertz CT molecular complexity index is 609. The lowest BCUT2D eigenvalue weighted by Crippen LogP contribution is -1.90. The topological polar surface area (TPSA) is 42.2 Å². The van der Waals surface area contributed by atoms with Crippen molar-refractivity contribution in [3.05, 3.63) is 59.7 Å². The fourth-order valence-corrected chi connectivity index (χ4v) is 1.36. The molecule has 20 heavy (non-hydrogen) atoms. The van der Waals surface area contributed by atoms with Gasteiger partial charge in [-0.3, -0.25) is 0 Å². The van der Waals surface area contributed by atoms with Gasteiger partial charge in [-0.2, -0.15) is 5.26 Å². The molecular weight excluding hydrogens is 264 g/mol. The van der Waals surface area contributed by atoms with E-state index >= 15 is 0 Å². The Balaban J connectivity index is 0.000000204. The van der Waals surface area contributed by atoms with E-state index in [1.54, 1.807) is 18.2 Å². The summed E-state index contributed by atoms with van der Waals surface area (Å²) in [5.74, 6) is 0.157. The minimum atomic E-state index is -0.458. The number of ether oxygens (including phenoxy) is 2. The fourth-order valence-electron chi connectivity index (χ4n) is 1.36. The second-order valence-electron chi connectivity index (χ2n) is 3.59. The molecule has 0 unspecified atom stereocenters. The van der Waals surface area contributed by atoms with E-state index in [4.69, 9.17) is 14.7 Å². The molecular formula is C15H13F2NO2. The predicted octanol–water partition coefficient (Wildman–Crippen LogP) is 3.54. The molecule has 0 fully saturated rings. The summed E-state index contributed by atoms with van der Waals surface area (Å²) in [5.41, 5.74) is 0.0949. The third kappa shape index (κ3) is 4.25. The summed E-state index contributed by atoms with van der Waals surface area (Å²) in [5, 5.41) is 8.23. The minimum Gasteiger partial charge on any atom is -0.493 e. The normalized spacial score (nSPS) is 8.95. The maximum atomic E-state index is 12.5. The number of nitrogens with zero attached hydrogens (tertiary/aromatic N) is 1. The lowest BCUT2D eigenvalue weighted by molar-refractivity contribution is 0.352. The van der Waals surface area contributed by atoms with Crippen LogP contribution in [0.5, 0.6) is 11.5 Å². The van der Waals surface area contributed by atoms with E-state index in [0.29, 0.717) is 11.5 Å². The molecule has 2 aromatic carbocycles. The summed E-state index contributed by atoms with van der Waals surface area (Å²) in [6.45, 7) is 0. The highest BCUT2D eigenvalue weighted by molar-refractivity contribution is 5.39. The SMILES string of the molecule is COc1ccc(F)cc1OC.N#Cc1ccccc1F. The Morgan fingerprint density at radius 3 is 2.10 bits per heavy atom. The van der Waals surface area contributed by atoms with E-state index in [1.165, 1.54) is 44.6 Å². The molecule has 0 bridgehead atoms. The van der Waals surface area contributed by atoms with Crippen molar-refractivity contribution in [2.45, 2.75) is 0 Å². The molecule has 0 atom stereocenters. The first-order chi connectivity index (χ1) is 9.62. The first-order valence-corrected chi connectivity index (χ1v) is 5.64. The fraction of sp³-hybridized carbons (Fsp3) is 0.133. The van der Waals surface area contributed by atoms with E-state index in [0.717, 1.165) is 0 Å². The molecule has 0 heterocycles. The largest absolute Gasteiger partial charge is 0.493 e. The number of halogens is 2. The third-order valence-electron chi connectivity index (χ3n) is 2.34. The van der Waals surface area contributed by atoms with Crippen molar-refractivity contribution in [1.82, 2.24) is 0 Å². The van der Waals surface area contributed by atoms with Gasteiger partial charge < -0.3 is 9.47 Å². The molecule has 0 saturated heterocycles. The lowest BCUT2D eigenvalue weighted by Gasteiger charge is -2.05. The Labute approximate surface area is 116 Å². The minimum absolute atomic E-state index is 0.0949. The number of hydrogen-bond acceptors (Lipinski definition) is 3. The Morgan fingerprint density at radius 1 is 0.950 bits per heavy atom. The van der Waals surface area contributed by atoms with Crippen LogP contribution in [0, 0.1) is 23.0 Å². The molecule has 0 N–H and O–H groups in total.